The Morgan fingerprint density at radius 2 is 1.79 bits per heavy atom. The number of anilines is 1. The van der Waals surface area contributed by atoms with Gasteiger partial charge in [-0.1, -0.05) is 30.3 Å². The van der Waals surface area contributed by atoms with Gasteiger partial charge in [0.15, 0.2) is 0 Å². The summed E-state index contributed by atoms with van der Waals surface area (Å²) in [6, 6.07) is 16.2. The van der Waals surface area contributed by atoms with E-state index in [2.05, 4.69) is 36.1 Å². The molecule has 0 bridgehead atoms. The third-order valence-corrected chi connectivity index (χ3v) is 4.58. The second-order valence-corrected chi connectivity index (χ2v) is 6.18. The molecule has 0 saturated carbocycles. The van der Waals surface area contributed by atoms with E-state index in [9.17, 15) is 4.79 Å². The zero-order valence-corrected chi connectivity index (χ0v) is 14.4. The molecule has 0 N–H and O–H groups in total. The van der Waals surface area contributed by atoms with Crippen molar-refractivity contribution in [3.8, 4) is 5.75 Å². The predicted molar refractivity (Wildman–Crippen MR) is 96.7 cm³/mol. The van der Waals surface area contributed by atoms with Gasteiger partial charge in [0.05, 0.1) is 13.5 Å². The molecule has 4 heteroatoms. The zero-order valence-electron chi connectivity index (χ0n) is 14.4. The molecule has 0 atom stereocenters. The molecule has 2 aromatic carbocycles. The van der Waals surface area contributed by atoms with Gasteiger partial charge in [0.25, 0.3) is 0 Å². The van der Waals surface area contributed by atoms with Gasteiger partial charge in [0, 0.05) is 31.9 Å². The molecule has 1 aliphatic heterocycles. The summed E-state index contributed by atoms with van der Waals surface area (Å²) >= 11 is 0. The maximum Gasteiger partial charge on any atom is 0.227 e. The quantitative estimate of drug-likeness (QED) is 0.867. The van der Waals surface area contributed by atoms with Crippen LogP contribution in [0.5, 0.6) is 5.75 Å². The molecular formula is C20H24N2O2. The third-order valence-electron chi connectivity index (χ3n) is 4.58. The van der Waals surface area contributed by atoms with Crippen LogP contribution < -0.4 is 9.64 Å². The lowest BCUT2D eigenvalue weighted by molar-refractivity contribution is -0.130. The van der Waals surface area contributed by atoms with Crippen molar-refractivity contribution in [1.29, 1.82) is 0 Å². The van der Waals surface area contributed by atoms with Crippen LogP contribution >= 0.6 is 0 Å². The minimum Gasteiger partial charge on any atom is -0.497 e. The number of ether oxygens (including phenoxy) is 1. The molecule has 1 amide bonds. The fourth-order valence-corrected chi connectivity index (χ4v) is 3.18. The van der Waals surface area contributed by atoms with Gasteiger partial charge in [-0.2, -0.15) is 0 Å². The number of amides is 1. The number of hydrogen-bond acceptors (Lipinski definition) is 3. The number of aryl methyl sites for hydroxylation is 1. The van der Waals surface area contributed by atoms with Gasteiger partial charge in [-0.05, 0) is 36.2 Å². The minimum atomic E-state index is 0.188. The maximum absolute atomic E-state index is 12.5. The number of hydrogen-bond donors (Lipinski definition) is 0. The molecule has 0 aromatic heterocycles. The topological polar surface area (TPSA) is 32.8 Å². The smallest absolute Gasteiger partial charge is 0.227 e. The van der Waals surface area contributed by atoms with Crippen molar-refractivity contribution >= 4 is 11.6 Å². The average Bonchev–Trinajstić information content (AvgIpc) is 2.62. The SMILES string of the molecule is COc1cccc(CC(=O)N2CCN(c3ccccc3C)CC2)c1. The van der Waals surface area contributed by atoms with Crippen molar-refractivity contribution in [3.63, 3.8) is 0 Å². The van der Waals surface area contributed by atoms with Gasteiger partial charge >= 0.3 is 0 Å². The van der Waals surface area contributed by atoms with E-state index in [1.165, 1.54) is 11.3 Å². The number of piperazine rings is 1. The Labute approximate surface area is 143 Å². The van der Waals surface area contributed by atoms with Gasteiger partial charge in [-0.15, -0.1) is 0 Å². The maximum atomic E-state index is 12.5. The number of rotatable bonds is 4. The van der Waals surface area contributed by atoms with E-state index in [4.69, 9.17) is 4.74 Å². The van der Waals surface area contributed by atoms with Gasteiger partial charge in [-0.3, -0.25) is 4.79 Å². The first-order valence-corrected chi connectivity index (χ1v) is 8.38. The molecule has 1 heterocycles. The fourth-order valence-electron chi connectivity index (χ4n) is 3.18. The number of methoxy groups -OCH3 is 1. The lowest BCUT2D eigenvalue weighted by atomic mass is 10.1. The van der Waals surface area contributed by atoms with Crippen LogP contribution in [-0.4, -0.2) is 44.1 Å². The second-order valence-electron chi connectivity index (χ2n) is 6.18. The standard InChI is InChI=1S/C20H24N2O2/c1-16-6-3-4-9-19(16)21-10-12-22(13-11-21)20(23)15-17-7-5-8-18(14-17)24-2/h3-9,14H,10-13,15H2,1-2H3. The first kappa shape index (κ1) is 16.4. The van der Waals surface area contributed by atoms with Gasteiger partial charge in [0.1, 0.15) is 5.75 Å². The largest absolute Gasteiger partial charge is 0.497 e. The van der Waals surface area contributed by atoms with E-state index in [-0.39, 0.29) is 5.91 Å². The van der Waals surface area contributed by atoms with Crippen molar-refractivity contribution in [2.24, 2.45) is 0 Å². The molecule has 126 valence electrons. The first-order chi connectivity index (χ1) is 11.7. The molecule has 0 radical (unpaired) electrons. The van der Waals surface area contributed by atoms with Crippen LogP contribution in [0.15, 0.2) is 48.5 Å². The van der Waals surface area contributed by atoms with E-state index in [0.29, 0.717) is 6.42 Å². The second kappa shape index (κ2) is 7.39. The molecule has 1 aliphatic rings. The molecule has 0 spiro atoms. The van der Waals surface area contributed by atoms with Crippen LogP contribution in [0.3, 0.4) is 0 Å². The van der Waals surface area contributed by atoms with Crippen molar-refractivity contribution in [1.82, 2.24) is 4.90 Å². The Kier molecular flexibility index (Phi) is 5.04. The normalized spacial score (nSPS) is 14.6. The first-order valence-electron chi connectivity index (χ1n) is 8.38. The van der Waals surface area contributed by atoms with Crippen molar-refractivity contribution < 1.29 is 9.53 Å². The Morgan fingerprint density at radius 3 is 2.50 bits per heavy atom. The summed E-state index contributed by atoms with van der Waals surface area (Å²) in [5, 5.41) is 0. The van der Waals surface area contributed by atoms with Crippen LogP contribution in [0.4, 0.5) is 5.69 Å². The molecular weight excluding hydrogens is 300 g/mol. The zero-order chi connectivity index (χ0) is 16.9. The van der Waals surface area contributed by atoms with Gasteiger partial charge in [-0.25, -0.2) is 0 Å². The number of para-hydroxylation sites is 1. The lowest BCUT2D eigenvalue weighted by Crippen LogP contribution is -2.49. The Morgan fingerprint density at radius 1 is 1.04 bits per heavy atom. The highest BCUT2D eigenvalue weighted by atomic mass is 16.5. The molecule has 0 aliphatic carbocycles. The van der Waals surface area contributed by atoms with E-state index >= 15 is 0 Å². The highest BCUT2D eigenvalue weighted by Gasteiger charge is 2.22. The summed E-state index contributed by atoms with van der Waals surface area (Å²) in [7, 11) is 1.64. The molecule has 2 aromatic rings. The number of carbonyl (C=O) groups is 1. The Hall–Kier alpha value is -2.49. The van der Waals surface area contributed by atoms with Crippen molar-refractivity contribution in [2.45, 2.75) is 13.3 Å². The van der Waals surface area contributed by atoms with Crippen molar-refractivity contribution in [3.05, 3.63) is 59.7 Å². The molecule has 4 nitrogen and oxygen atoms in total. The summed E-state index contributed by atoms with van der Waals surface area (Å²) in [6.07, 6.45) is 0.432. The van der Waals surface area contributed by atoms with Crippen LogP contribution in [-0.2, 0) is 11.2 Å². The molecule has 1 fully saturated rings. The fraction of sp³-hybridized carbons (Fsp3) is 0.350. The predicted octanol–water partition coefficient (Wildman–Crippen LogP) is 2.89. The number of benzene rings is 2. The average molecular weight is 324 g/mol. The highest BCUT2D eigenvalue weighted by molar-refractivity contribution is 5.79. The third kappa shape index (κ3) is 3.70. The van der Waals surface area contributed by atoms with Crippen LogP contribution in [0.1, 0.15) is 11.1 Å². The summed E-state index contributed by atoms with van der Waals surface area (Å²) < 4.78 is 5.22. The van der Waals surface area contributed by atoms with Crippen LogP contribution in [0.25, 0.3) is 0 Å². The van der Waals surface area contributed by atoms with E-state index in [0.717, 1.165) is 37.5 Å². The summed E-state index contributed by atoms with van der Waals surface area (Å²) in [6.45, 7) is 5.45. The summed E-state index contributed by atoms with van der Waals surface area (Å²) in [4.78, 5) is 16.9. The molecule has 24 heavy (non-hydrogen) atoms. The minimum absolute atomic E-state index is 0.188. The van der Waals surface area contributed by atoms with Gasteiger partial charge in [0.2, 0.25) is 5.91 Å². The van der Waals surface area contributed by atoms with E-state index in [1.54, 1.807) is 7.11 Å². The van der Waals surface area contributed by atoms with Crippen molar-refractivity contribution in [2.75, 3.05) is 38.2 Å². The number of nitrogens with zero attached hydrogens (tertiary/aromatic N) is 2. The Bertz CT molecular complexity index is 706. The molecule has 1 saturated heterocycles. The highest BCUT2D eigenvalue weighted by Crippen LogP contribution is 2.21. The number of carbonyl (C=O) groups excluding carboxylic acids is 1. The monoisotopic (exact) mass is 324 g/mol. The summed E-state index contributed by atoms with van der Waals surface area (Å²) in [5.74, 6) is 0.984. The van der Waals surface area contributed by atoms with E-state index in [1.807, 2.05) is 29.2 Å². The molecule has 3 rings (SSSR count). The molecule has 0 unspecified atom stereocenters. The van der Waals surface area contributed by atoms with Crippen LogP contribution in [0, 0.1) is 6.92 Å². The van der Waals surface area contributed by atoms with E-state index < -0.39 is 0 Å². The Balaban J connectivity index is 1.58. The van der Waals surface area contributed by atoms with Gasteiger partial charge < -0.3 is 14.5 Å². The van der Waals surface area contributed by atoms with Crippen LogP contribution in [0.2, 0.25) is 0 Å². The lowest BCUT2D eigenvalue weighted by Gasteiger charge is -2.37. The summed E-state index contributed by atoms with van der Waals surface area (Å²) in [5.41, 5.74) is 3.56.